The predicted molar refractivity (Wildman–Crippen MR) is 117 cm³/mol. The van der Waals surface area contributed by atoms with Crippen molar-refractivity contribution in [3.05, 3.63) is 29.6 Å². The van der Waals surface area contributed by atoms with Crippen LogP contribution in [-0.2, 0) is 0 Å². The number of fused-ring (bicyclic) bond motifs is 1. The highest BCUT2D eigenvalue weighted by atomic mass is 16.5. The molecule has 0 bridgehead atoms. The second kappa shape index (κ2) is 8.25. The Labute approximate surface area is 180 Å². The first-order valence-electron chi connectivity index (χ1n) is 10.3. The fraction of sp³-hybridized carbons (Fsp3) is 0.450. The molecule has 0 aromatic carbocycles. The number of nitrogen functional groups attached to an aromatic ring is 1. The first-order valence-corrected chi connectivity index (χ1v) is 10.3. The van der Waals surface area contributed by atoms with Gasteiger partial charge in [0.25, 0.3) is 0 Å². The summed E-state index contributed by atoms with van der Waals surface area (Å²) in [6.07, 6.45) is 1.74. The summed E-state index contributed by atoms with van der Waals surface area (Å²) < 4.78 is 7.11. The number of hydrogen-bond acceptors (Lipinski definition) is 8. The number of carbonyl (C=O) groups is 1. The summed E-state index contributed by atoms with van der Waals surface area (Å²) in [5, 5.41) is 7.35. The highest BCUT2D eigenvalue weighted by Crippen LogP contribution is 2.23. The molecule has 3 aromatic rings. The minimum atomic E-state index is -0.164. The molecule has 3 aromatic heterocycles. The van der Waals surface area contributed by atoms with Crippen LogP contribution < -0.4 is 20.7 Å². The van der Waals surface area contributed by atoms with Gasteiger partial charge < -0.3 is 25.6 Å². The van der Waals surface area contributed by atoms with Gasteiger partial charge in [-0.1, -0.05) is 0 Å². The molecular formula is C20H27N9O2. The molecule has 2 amide bonds. The van der Waals surface area contributed by atoms with Crippen LogP contribution in [-0.4, -0.2) is 67.8 Å². The van der Waals surface area contributed by atoms with Crippen LogP contribution in [0, 0.1) is 13.8 Å². The second-order valence-corrected chi connectivity index (χ2v) is 7.58. The summed E-state index contributed by atoms with van der Waals surface area (Å²) >= 11 is 0. The summed E-state index contributed by atoms with van der Waals surface area (Å²) in [4.78, 5) is 29.8. The Morgan fingerprint density at radius 2 is 2.06 bits per heavy atom. The summed E-state index contributed by atoms with van der Waals surface area (Å²) in [5.41, 5.74) is 8.92. The van der Waals surface area contributed by atoms with Gasteiger partial charge in [0.1, 0.15) is 0 Å². The maximum absolute atomic E-state index is 12.9. The number of ether oxygens (including phenoxy) is 1. The maximum Gasteiger partial charge on any atom is 0.322 e. The van der Waals surface area contributed by atoms with E-state index >= 15 is 0 Å². The monoisotopic (exact) mass is 425 g/mol. The average Bonchev–Trinajstić information content (AvgIpc) is 3.10. The highest BCUT2D eigenvalue weighted by Gasteiger charge is 2.30. The molecule has 0 spiro atoms. The van der Waals surface area contributed by atoms with Gasteiger partial charge in [0, 0.05) is 37.3 Å². The van der Waals surface area contributed by atoms with Crippen molar-refractivity contribution in [3.63, 3.8) is 0 Å². The number of urea groups is 1. The van der Waals surface area contributed by atoms with Crippen molar-refractivity contribution in [1.82, 2.24) is 29.5 Å². The number of pyridine rings is 1. The molecule has 0 unspecified atom stereocenters. The first-order chi connectivity index (χ1) is 14.9. The van der Waals surface area contributed by atoms with Crippen molar-refractivity contribution in [2.24, 2.45) is 0 Å². The molecule has 4 heterocycles. The Kier molecular flexibility index (Phi) is 5.49. The zero-order valence-electron chi connectivity index (χ0n) is 18.2. The number of nitrogens with zero attached hydrogens (tertiary/aromatic N) is 7. The Morgan fingerprint density at radius 1 is 1.26 bits per heavy atom. The molecule has 11 heteroatoms. The third kappa shape index (κ3) is 4.03. The Balaban J connectivity index is 1.47. The minimum Gasteiger partial charge on any atom is -0.478 e. The van der Waals surface area contributed by atoms with E-state index in [-0.39, 0.29) is 18.0 Å². The number of carbonyl (C=O) groups excluding carboxylic acids is 1. The molecule has 0 saturated carbocycles. The molecule has 1 saturated heterocycles. The number of aromatic nitrogens is 5. The Bertz CT molecular complexity index is 1110. The lowest BCUT2D eigenvalue weighted by Gasteiger charge is -2.40. The van der Waals surface area contributed by atoms with Gasteiger partial charge in [-0.05, 0) is 33.8 Å². The topological polar surface area (TPSA) is 127 Å². The number of anilines is 3. The molecule has 4 rings (SSSR count). The minimum absolute atomic E-state index is 0.0149. The van der Waals surface area contributed by atoms with Gasteiger partial charge >= 0.3 is 6.03 Å². The summed E-state index contributed by atoms with van der Waals surface area (Å²) in [5.74, 6) is 1.39. The van der Waals surface area contributed by atoms with Crippen LogP contribution in [0.1, 0.15) is 25.1 Å². The van der Waals surface area contributed by atoms with Crippen molar-refractivity contribution >= 4 is 29.3 Å². The number of nitrogens with two attached hydrogens (primary N) is 1. The van der Waals surface area contributed by atoms with Gasteiger partial charge in [-0.3, -0.25) is 0 Å². The molecule has 3 N–H and O–H groups in total. The number of rotatable bonds is 4. The predicted octanol–water partition coefficient (Wildman–Crippen LogP) is 1.86. The zero-order valence-corrected chi connectivity index (χ0v) is 18.2. The van der Waals surface area contributed by atoms with E-state index in [1.165, 1.54) is 0 Å². The molecule has 1 aliphatic rings. The van der Waals surface area contributed by atoms with Gasteiger partial charge in [0.2, 0.25) is 17.8 Å². The largest absolute Gasteiger partial charge is 0.478 e. The van der Waals surface area contributed by atoms with Gasteiger partial charge in [-0.25, -0.2) is 9.78 Å². The average molecular weight is 425 g/mol. The standard InChI is InChI=1S/C20H27N9O2/c1-5-31-16-7-6-15(14(4)23-16)24-20(30)27-8-9-28(13(3)11-27)19-26-18(21)25-17-12(2)10-22-29(17)19/h6-7,10,13H,5,8-9,11H2,1-4H3,(H2,21,25)(H,24,30)/t13-/m0/s1. The molecular weight excluding hydrogens is 398 g/mol. The molecule has 11 nitrogen and oxygen atoms in total. The van der Waals surface area contributed by atoms with E-state index in [2.05, 4.69) is 30.3 Å². The number of nitrogens with one attached hydrogen (secondary N) is 1. The van der Waals surface area contributed by atoms with Crippen molar-refractivity contribution in [3.8, 4) is 5.88 Å². The Hall–Kier alpha value is -3.63. The molecule has 0 aliphatic carbocycles. The zero-order chi connectivity index (χ0) is 22.1. The van der Waals surface area contributed by atoms with Crippen LogP contribution in [0.2, 0.25) is 0 Å². The lowest BCUT2D eigenvalue weighted by molar-refractivity contribution is 0.199. The van der Waals surface area contributed by atoms with Crippen molar-refractivity contribution in [1.29, 1.82) is 0 Å². The summed E-state index contributed by atoms with van der Waals surface area (Å²) in [6, 6.07) is 3.42. The highest BCUT2D eigenvalue weighted by molar-refractivity contribution is 5.90. The number of hydrogen-bond donors (Lipinski definition) is 2. The number of aryl methyl sites for hydroxylation is 2. The van der Waals surface area contributed by atoms with Gasteiger partial charge in [0.05, 0.1) is 24.2 Å². The van der Waals surface area contributed by atoms with E-state index in [1.54, 1.807) is 21.7 Å². The first kappa shape index (κ1) is 20.6. The van der Waals surface area contributed by atoms with E-state index in [1.807, 2.05) is 33.8 Å². The molecule has 1 fully saturated rings. The van der Waals surface area contributed by atoms with Crippen LogP contribution in [0.25, 0.3) is 5.65 Å². The third-order valence-corrected chi connectivity index (χ3v) is 5.31. The number of amides is 2. The maximum atomic E-state index is 12.9. The van der Waals surface area contributed by atoms with Gasteiger partial charge in [-0.15, -0.1) is 0 Å². The second-order valence-electron chi connectivity index (χ2n) is 7.58. The van der Waals surface area contributed by atoms with Crippen LogP contribution in [0.4, 0.5) is 22.4 Å². The third-order valence-electron chi connectivity index (χ3n) is 5.31. The van der Waals surface area contributed by atoms with Crippen molar-refractivity contribution in [2.75, 3.05) is 42.2 Å². The fourth-order valence-corrected chi connectivity index (χ4v) is 3.71. The molecule has 31 heavy (non-hydrogen) atoms. The van der Waals surface area contributed by atoms with E-state index in [4.69, 9.17) is 10.5 Å². The van der Waals surface area contributed by atoms with Crippen molar-refractivity contribution in [2.45, 2.75) is 33.7 Å². The lowest BCUT2D eigenvalue weighted by atomic mass is 10.2. The van der Waals surface area contributed by atoms with E-state index in [0.717, 1.165) is 5.56 Å². The molecule has 1 aliphatic heterocycles. The van der Waals surface area contributed by atoms with E-state index in [9.17, 15) is 4.79 Å². The van der Waals surface area contributed by atoms with Crippen molar-refractivity contribution < 1.29 is 9.53 Å². The SMILES string of the molecule is CCOc1ccc(NC(=O)N2CCN(c3nc(N)nc4c(C)cnn34)[C@@H](C)C2)c(C)n1. The van der Waals surface area contributed by atoms with Crippen LogP contribution >= 0.6 is 0 Å². The number of piperazine rings is 1. The van der Waals surface area contributed by atoms with Crippen LogP contribution in [0.15, 0.2) is 18.3 Å². The normalized spacial score (nSPS) is 16.6. The molecule has 164 valence electrons. The Morgan fingerprint density at radius 3 is 2.77 bits per heavy atom. The van der Waals surface area contributed by atoms with Crippen LogP contribution in [0.3, 0.4) is 0 Å². The lowest BCUT2D eigenvalue weighted by Crippen LogP contribution is -2.55. The molecule has 1 atom stereocenters. The van der Waals surface area contributed by atoms with Gasteiger partial charge in [0.15, 0.2) is 5.65 Å². The van der Waals surface area contributed by atoms with Crippen LogP contribution in [0.5, 0.6) is 5.88 Å². The fourth-order valence-electron chi connectivity index (χ4n) is 3.71. The van der Waals surface area contributed by atoms with E-state index in [0.29, 0.717) is 55.1 Å². The molecule has 0 radical (unpaired) electrons. The summed E-state index contributed by atoms with van der Waals surface area (Å²) in [6.45, 7) is 9.93. The smallest absolute Gasteiger partial charge is 0.322 e. The quantitative estimate of drug-likeness (QED) is 0.648. The summed E-state index contributed by atoms with van der Waals surface area (Å²) in [7, 11) is 0. The van der Waals surface area contributed by atoms with Gasteiger partial charge in [-0.2, -0.15) is 19.6 Å². The van der Waals surface area contributed by atoms with E-state index < -0.39 is 0 Å².